The van der Waals surface area contributed by atoms with Crippen LogP contribution in [0.3, 0.4) is 0 Å². The molecule has 0 atom stereocenters. The van der Waals surface area contributed by atoms with Crippen molar-refractivity contribution >= 4 is 6.03 Å². The summed E-state index contributed by atoms with van der Waals surface area (Å²) in [5, 5.41) is 0.993. The maximum Gasteiger partial charge on any atom is 0.339 e. The van der Waals surface area contributed by atoms with E-state index in [1.165, 1.54) is 13.2 Å². The molecule has 2 N–H and O–H groups in total. The van der Waals surface area contributed by atoms with Crippen LogP contribution in [0.5, 0.6) is 0 Å². The predicted molar refractivity (Wildman–Crippen MR) is 33.5 cm³/mol. The van der Waals surface area contributed by atoms with E-state index in [0.29, 0.717) is 6.54 Å². The third kappa shape index (κ3) is 2.71. The molecule has 0 saturated carbocycles. The molecule has 0 fully saturated rings. The fourth-order valence-electron chi connectivity index (χ4n) is 0.372. The topological polar surface area (TPSA) is 55.6 Å². The molecule has 0 bridgehead atoms. The van der Waals surface area contributed by atoms with E-state index in [4.69, 9.17) is 5.73 Å². The first-order valence-electron chi connectivity index (χ1n) is 2.44. The zero-order valence-corrected chi connectivity index (χ0v) is 5.33. The Labute approximate surface area is 53.8 Å². The van der Waals surface area contributed by atoms with Gasteiger partial charge in [0.1, 0.15) is 0 Å². The van der Waals surface area contributed by atoms with Crippen molar-refractivity contribution < 1.29 is 9.63 Å². The Balaban J connectivity index is 3.67. The molecule has 0 unspecified atom stereocenters. The van der Waals surface area contributed by atoms with Crippen LogP contribution in [0, 0.1) is 0 Å². The van der Waals surface area contributed by atoms with Crippen molar-refractivity contribution in [2.45, 2.75) is 0 Å². The van der Waals surface area contributed by atoms with Crippen LogP contribution in [-0.2, 0) is 4.84 Å². The Hall–Kier alpha value is -1.03. The van der Waals surface area contributed by atoms with Crippen molar-refractivity contribution in [3.05, 3.63) is 12.7 Å². The smallest absolute Gasteiger partial charge is 0.339 e. The quantitative estimate of drug-likeness (QED) is 0.435. The second-order valence-electron chi connectivity index (χ2n) is 1.37. The minimum atomic E-state index is -0.614. The van der Waals surface area contributed by atoms with E-state index < -0.39 is 6.03 Å². The lowest BCUT2D eigenvalue weighted by molar-refractivity contribution is -0.0742. The molecule has 0 aliphatic rings. The molecule has 0 aliphatic heterocycles. The van der Waals surface area contributed by atoms with Gasteiger partial charge in [-0.2, -0.15) is 5.06 Å². The summed E-state index contributed by atoms with van der Waals surface area (Å²) in [5.41, 5.74) is 4.85. The highest BCUT2D eigenvalue weighted by Crippen LogP contribution is 1.85. The molecule has 52 valence electrons. The summed E-state index contributed by atoms with van der Waals surface area (Å²) in [6.45, 7) is 3.71. The van der Waals surface area contributed by atoms with Crippen LogP contribution in [0.2, 0.25) is 0 Å². The van der Waals surface area contributed by atoms with Gasteiger partial charge in [0.25, 0.3) is 0 Å². The van der Waals surface area contributed by atoms with Crippen LogP contribution in [0.15, 0.2) is 12.7 Å². The van der Waals surface area contributed by atoms with Gasteiger partial charge in [-0.25, -0.2) is 4.79 Å². The lowest BCUT2D eigenvalue weighted by Gasteiger charge is -2.13. The third-order valence-corrected chi connectivity index (χ3v) is 0.761. The SMILES string of the molecule is C=CCN(OC)C(N)=O. The fourth-order valence-corrected chi connectivity index (χ4v) is 0.372. The van der Waals surface area contributed by atoms with Gasteiger partial charge in [0.05, 0.1) is 13.7 Å². The van der Waals surface area contributed by atoms with Gasteiger partial charge < -0.3 is 5.73 Å². The average molecular weight is 130 g/mol. The average Bonchev–Trinajstić information content (AvgIpc) is 1.82. The van der Waals surface area contributed by atoms with Crippen molar-refractivity contribution in [1.82, 2.24) is 5.06 Å². The van der Waals surface area contributed by atoms with E-state index in [-0.39, 0.29) is 0 Å². The van der Waals surface area contributed by atoms with Gasteiger partial charge in [0.15, 0.2) is 0 Å². The van der Waals surface area contributed by atoms with Crippen LogP contribution in [0.25, 0.3) is 0 Å². The van der Waals surface area contributed by atoms with Crippen LogP contribution in [0.1, 0.15) is 0 Å². The van der Waals surface area contributed by atoms with Gasteiger partial charge in [-0.3, -0.25) is 4.84 Å². The van der Waals surface area contributed by atoms with Crippen LogP contribution < -0.4 is 5.73 Å². The third-order valence-electron chi connectivity index (χ3n) is 0.761. The number of hydroxylamine groups is 2. The van der Waals surface area contributed by atoms with Gasteiger partial charge in [0.2, 0.25) is 0 Å². The standard InChI is InChI=1S/C5H10N2O2/c1-3-4-7(9-2)5(6)8/h3H,1,4H2,2H3,(H2,6,8). The Morgan fingerprint density at radius 3 is 2.67 bits per heavy atom. The maximum absolute atomic E-state index is 10.3. The Kier molecular flexibility index (Phi) is 3.46. The lowest BCUT2D eigenvalue weighted by atomic mass is 10.6. The second-order valence-corrected chi connectivity index (χ2v) is 1.37. The summed E-state index contributed by atoms with van der Waals surface area (Å²) in [4.78, 5) is 14.8. The monoisotopic (exact) mass is 130 g/mol. The van der Waals surface area contributed by atoms with Crippen LogP contribution in [0.4, 0.5) is 4.79 Å². The first-order chi connectivity index (χ1) is 4.22. The number of hydrogen-bond acceptors (Lipinski definition) is 2. The summed E-state index contributed by atoms with van der Waals surface area (Å²) < 4.78 is 0. The molecule has 0 aromatic carbocycles. The maximum atomic E-state index is 10.3. The predicted octanol–water partition coefficient (Wildman–Crippen LogP) is 0.115. The molecule has 0 radical (unpaired) electrons. The highest BCUT2D eigenvalue weighted by atomic mass is 16.7. The van der Waals surface area contributed by atoms with E-state index in [2.05, 4.69) is 11.4 Å². The summed E-state index contributed by atoms with van der Waals surface area (Å²) in [6, 6.07) is -0.614. The molecule has 4 heteroatoms. The van der Waals surface area contributed by atoms with E-state index in [9.17, 15) is 4.79 Å². The van der Waals surface area contributed by atoms with Crippen molar-refractivity contribution in [3.63, 3.8) is 0 Å². The molecule has 0 spiro atoms. The molecule has 9 heavy (non-hydrogen) atoms. The van der Waals surface area contributed by atoms with Gasteiger partial charge in [-0.15, -0.1) is 6.58 Å². The van der Waals surface area contributed by atoms with Crippen LogP contribution in [-0.4, -0.2) is 24.7 Å². The largest absolute Gasteiger partial charge is 0.350 e. The minimum Gasteiger partial charge on any atom is -0.350 e. The molecular weight excluding hydrogens is 120 g/mol. The van der Waals surface area contributed by atoms with Crippen molar-refractivity contribution in [2.75, 3.05) is 13.7 Å². The fraction of sp³-hybridized carbons (Fsp3) is 0.400. The first kappa shape index (κ1) is 7.97. The number of urea groups is 1. The molecule has 0 aromatic rings. The Morgan fingerprint density at radius 1 is 2.00 bits per heavy atom. The Bertz CT molecular complexity index is 114. The summed E-state index contributed by atoms with van der Waals surface area (Å²) in [6.07, 6.45) is 1.52. The molecule has 0 saturated heterocycles. The molecular formula is C5H10N2O2. The molecule has 0 rings (SSSR count). The minimum absolute atomic E-state index is 0.311. The zero-order valence-electron chi connectivity index (χ0n) is 5.33. The lowest BCUT2D eigenvalue weighted by Crippen LogP contribution is -2.34. The summed E-state index contributed by atoms with van der Waals surface area (Å²) >= 11 is 0. The number of carbonyl (C=O) groups is 1. The van der Waals surface area contributed by atoms with Crippen molar-refractivity contribution in [2.24, 2.45) is 5.73 Å². The van der Waals surface area contributed by atoms with Crippen LogP contribution >= 0.6 is 0 Å². The van der Waals surface area contributed by atoms with Gasteiger partial charge in [0, 0.05) is 0 Å². The zero-order chi connectivity index (χ0) is 7.28. The molecule has 0 aromatic heterocycles. The highest BCUT2D eigenvalue weighted by Gasteiger charge is 2.03. The Morgan fingerprint density at radius 2 is 2.56 bits per heavy atom. The van der Waals surface area contributed by atoms with E-state index in [1.807, 2.05) is 0 Å². The number of nitrogens with two attached hydrogens (primary N) is 1. The second kappa shape index (κ2) is 3.91. The van der Waals surface area contributed by atoms with Crippen molar-refractivity contribution in [3.8, 4) is 0 Å². The number of carbonyl (C=O) groups excluding carboxylic acids is 1. The molecule has 4 nitrogen and oxygen atoms in total. The summed E-state index contributed by atoms with van der Waals surface area (Å²) in [7, 11) is 1.37. The number of hydrogen-bond donors (Lipinski definition) is 1. The highest BCUT2D eigenvalue weighted by molar-refractivity contribution is 5.70. The number of primary amides is 1. The molecule has 0 heterocycles. The van der Waals surface area contributed by atoms with Gasteiger partial charge >= 0.3 is 6.03 Å². The van der Waals surface area contributed by atoms with E-state index in [0.717, 1.165) is 5.06 Å². The number of rotatable bonds is 3. The number of nitrogens with zero attached hydrogens (tertiary/aromatic N) is 1. The van der Waals surface area contributed by atoms with Crippen molar-refractivity contribution in [1.29, 1.82) is 0 Å². The molecule has 2 amide bonds. The van der Waals surface area contributed by atoms with E-state index in [1.54, 1.807) is 0 Å². The normalized spacial score (nSPS) is 8.56. The first-order valence-corrected chi connectivity index (χ1v) is 2.44. The number of amides is 2. The van der Waals surface area contributed by atoms with Gasteiger partial charge in [-0.1, -0.05) is 6.08 Å². The molecule has 0 aliphatic carbocycles. The van der Waals surface area contributed by atoms with E-state index >= 15 is 0 Å². The van der Waals surface area contributed by atoms with Gasteiger partial charge in [-0.05, 0) is 0 Å². The summed E-state index contributed by atoms with van der Waals surface area (Å²) in [5.74, 6) is 0.